The molecular weight excluding hydrogens is 386 g/mol. The number of nitrogens with zero attached hydrogens (tertiary/aromatic N) is 4. The van der Waals surface area contributed by atoms with Crippen molar-refractivity contribution in [3.8, 4) is 22.9 Å². The zero-order valence-corrected chi connectivity index (χ0v) is 17.0. The molecule has 2 N–H and O–H groups in total. The Balaban J connectivity index is 1.16. The molecular formula is C21H28N5O4+. The van der Waals surface area contributed by atoms with Gasteiger partial charge >= 0.3 is 0 Å². The Kier molecular flexibility index (Phi) is 4.81. The van der Waals surface area contributed by atoms with Crippen molar-refractivity contribution in [2.75, 3.05) is 26.6 Å². The highest BCUT2D eigenvalue weighted by Gasteiger charge is 2.51. The van der Waals surface area contributed by atoms with E-state index in [1.807, 2.05) is 22.9 Å². The Morgan fingerprint density at radius 2 is 1.87 bits per heavy atom. The quantitative estimate of drug-likeness (QED) is 0.777. The summed E-state index contributed by atoms with van der Waals surface area (Å²) < 4.78 is 25.2. The second-order valence-corrected chi connectivity index (χ2v) is 8.82. The summed E-state index contributed by atoms with van der Waals surface area (Å²) in [6, 6.07) is 6.10. The Morgan fingerprint density at radius 3 is 2.80 bits per heavy atom. The van der Waals surface area contributed by atoms with Gasteiger partial charge < -0.3 is 24.3 Å². The predicted molar refractivity (Wildman–Crippen MR) is 105 cm³/mol. The van der Waals surface area contributed by atoms with E-state index in [4.69, 9.17) is 18.9 Å². The van der Waals surface area contributed by atoms with Crippen LogP contribution in [0.15, 0.2) is 18.2 Å². The smallest absolute Gasteiger partial charge is 0.231 e. The third kappa shape index (κ3) is 3.25. The Labute approximate surface area is 175 Å². The molecule has 0 amide bonds. The van der Waals surface area contributed by atoms with Gasteiger partial charge in [0.25, 0.3) is 0 Å². The first-order chi connectivity index (χ1) is 14.9. The van der Waals surface area contributed by atoms with Gasteiger partial charge in [0, 0.05) is 11.5 Å². The molecule has 0 spiro atoms. The van der Waals surface area contributed by atoms with Crippen molar-refractivity contribution in [1.82, 2.24) is 20.2 Å². The summed E-state index contributed by atoms with van der Waals surface area (Å²) in [6.07, 6.45) is 6.96. The summed E-state index contributed by atoms with van der Waals surface area (Å²) in [5.74, 6) is 3.00. The maximum Gasteiger partial charge on any atom is 0.231 e. The van der Waals surface area contributed by atoms with Crippen molar-refractivity contribution in [3.05, 3.63) is 18.2 Å². The SMILES string of the molecule is c1cc2c(cc1-c1nnnn1[C@H]1CO[C@H]3[C@@H]1OC[C@@H]3[NH2+]CC1CCCCC1)OCO2. The molecule has 1 aromatic carbocycles. The Hall–Kier alpha value is -2.23. The van der Waals surface area contributed by atoms with Crippen molar-refractivity contribution < 1.29 is 24.3 Å². The van der Waals surface area contributed by atoms with Crippen LogP contribution in [0.5, 0.6) is 11.5 Å². The van der Waals surface area contributed by atoms with Crippen LogP contribution in [0, 0.1) is 5.92 Å². The van der Waals surface area contributed by atoms with Crippen LogP contribution in [0.2, 0.25) is 0 Å². The van der Waals surface area contributed by atoms with Crippen LogP contribution in [0.3, 0.4) is 0 Å². The van der Waals surface area contributed by atoms with Crippen LogP contribution in [0.4, 0.5) is 0 Å². The van der Waals surface area contributed by atoms with Crippen LogP contribution in [0.1, 0.15) is 38.1 Å². The van der Waals surface area contributed by atoms with E-state index in [1.165, 1.54) is 38.6 Å². The number of hydrogen-bond acceptors (Lipinski definition) is 7. The first-order valence-electron chi connectivity index (χ1n) is 11.1. The van der Waals surface area contributed by atoms with E-state index in [0.29, 0.717) is 18.5 Å². The summed E-state index contributed by atoms with van der Waals surface area (Å²) in [6.45, 7) is 2.71. The molecule has 3 fully saturated rings. The minimum atomic E-state index is -0.0292. The average molecular weight is 414 g/mol. The number of nitrogens with two attached hydrogens (primary N) is 1. The molecule has 3 aliphatic heterocycles. The molecule has 4 atom stereocenters. The summed E-state index contributed by atoms with van der Waals surface area (Å²) >= 11 is 0. The second kappa shape index (κ2) is 7.79. The highest BCUT2D eigenvalue weighted by Crippen LogP contribution is 2.38. The molecule has 1 saturated carbocycles. The van der Waals surface area contributed by atoms with Crippen molar-refractivity contribution in [3.63, 3.8) is 0 Å². The maximum absolute atomic E-state index is 6.21. The molecule has 0 radical (unpaired) electrons. The number of benzene rings is 1. The fourth-order valence-electron chi connectivity index (χ4n) is 5.35. The molecule has 30 heavy (non-hydrogen) atoms. The Morgan fingerprint density at radius 1 is 1.00 bits per heavy atom. The molecule has 1 aromatic heterocycles. The van der Waals surface area contributed by atoms with Gasteiger partial charge in [-0.3, -0.25) is 0 Å². The lowest BCUT2D eigenvalue weighted by Crippen LogP contribution is -2.93. The van der Waals surface area contributed by atoms with Crippen molar-refractivity contribution in [2.45, 2.75) is 56.4 Å². The van der Waals surface area contributed by atoms with Crippen molar-refractivity contribution in [1.29, 1.82) is 0 Å². The zero-order valence-electron chi connectivity index (χ0n) is 17.0. The highest BCUT2D eigenvalue weighted by molar-refractivity contribution is 5.61. The van der Waals surface area contributed by atoms with E-state index in [1.54, 1.807) is 0 Å². The van der Waals surface area contributed by atoms with E-state index < -0.39 is 0 Å². The van der Waals surface area contributed by atoms with E-state index in [0.717, 1.165) is 29.6 Å². The maximum atomic E-state index is 6.21. The lowest BCUT2D eigenvalue weighted by molar-refractivity contribution is -0.698. The van der Waals surface area contributed by atoms with Crippen LogP contribution in [-0.2, 0) is 9.47 Å². The largest absolute Gasteiger partial charge is 0.454 e. The van der Waals surface area contributed by atoms with Gasteiger partial charge in [-0.1, -0.05) is 19.3 Å². The third-order valence-electron chi connectivity index (χ3n) is 7.00. The van der Waals surface area contributed by atoms with Gasteiger partial charge in [0.1, 0.15) is 30.9 Å². The lowest BCUT2D eigenvalue weighted by atomic mass is 9.89. The van der Waals surface area contributed by atoms with E-state index in [2.05, 4.69) is 20.8 Å². The molecule has 0 unspecified atom stereocenters. The lowest BCUT2D eigenvalue weighted by Gasteiger charge is -2.22. The van der Waals surface area contributed by atoms with Crippen LogP contribution in [-0.4, -0.2) is 65.0 Å². The molecule has 2 saturated heterocycles. The third-order valence-corrected chi connectivity index (χ3v) is 7.00. The molecule has 160 valence electrons. The van der Waals surface area contributed by atoms with Gasteiger partial charge in [0.05, 0.1) is 13.2 Å². The van der Waals surface area contributed by atoms with Gasteiger partial charge in [0.15, 0.2) is 17.3 Å². The van der Waals surface area contributed by atoms with Crippen molar-refractivity contribution in [2.24, 2.45) is 5.92 Å². The first kappa shape index (κ1) is 18.5. The molecule has 4 heterocycles. The summed E-state index contributed by atoms with van der Waals surface area (Å²) in [4.78, 5) is 0. The minimum Gasteiger partial charge on any atom is -0.454 e. The first-order valence-corrected chi connectivity index (χ1v) is 11.1. The van der Waals surface area contributed by atoms with Crippen LogP contribution < -0.4 is 14.8 Å². The van der Waals surface area contributed by atoms with Gasteiger partial charge in [-0.15, -0.1) is 5.10 Å². The van der Waals surface area contributed by atoms with E-state index in [-0.39, 0.29) is 25.0 Å². The van der Waals surface area contributed by atoms with Crippen LogP contribution >= 0.6 is 0 Å². The number of hydrogen-bond donors (Lipinski definition) is 1. The van der Waals surface area contributed by atoms with Gasteiger partial charge in [-0.05, 0) is 41.5 Å². The molecule has 9 nitrogen and oxygen atoms in total. The number of rotatable bonds is 5. The van der Waals surface area contributed by atoms with Gasteiger partial charge in [-0.2, -0.15) is 0 Å². The monoisotopic (exact) mass is 414 g/mol. The number of fused-ring (bicyclic) bond motifs is 2. The highest BCUT2D eigenvalue weighted by atomic mass is 16.7. The number of quaternary nitrogens is 1. The summed E-state index contributed by atoms with van der Waals surface area (Å²) in [7, 11) is 0. The summed E-state index contributed by atoms with van der Waals surface area (Å²) in [5, 5.41) is 15.0. The van der Waals surface area contributed by atoms with Crippen molar-refractivity contribution >= 4 is 0 Å². The standard InChI is InChI=1S/C21H27N5O4/c1-2-4-13(5-3-1)9-22-15-10-27-20-16(11-28-19(15)20)26-21(23-24-25-26)14-6-7-17-18(8-14)30-12-29-17/h6-8,13,15-16,19-20,22H,1-5,9-12H2/p+1/t15-,16-,19+,20+/m0/s1. The molecule has 9 heteroatoms. The summed E-state index contributed by atoms with van der Waals surface area (Å²) in [5.41, 5.74) is 0.895. The molecule has 2 aromatic rings. The Bertz CT molecular complexity index is 899. The van der Waals surface area contributed by atoms with Gasteiger partial charge in [-0.25, -0.2) is 4.68 Å². The zero-order chi connectivity index (χ0) is 19.9. The predicted octanol–water partition coefficient (Wildman–Crippen LogP) is 0.920. The molecule has 4 aliphatic rings. The fourth-order valence-corrected chi connectivity index (χ4v) is 5.35. The molecule has 1 aliphatic carbocycles. The molecule has 6 rings (SSSR count). The van der Waals surface area contributed by atoms with Crippen LogP contribution in [0.25, 0.3) is 11.4 Å². The van der Waals surface area contributed by atoms with Gasteiger partial charge in [0.2, 0.25) is 6.79 Å². The minimum absolute atomic E-state index is 0.0196. The number of tetrazole rings is 1. The average Bonchev–Trinajstić information content (AvgIpc) is 3.56. The normalized spacial score (nSPS) is 30.7. The number of aromatic nitrogens is 4. The number of ether oxygens (including phenoxy) is 4. The van der Waals surface area contributed by atoms with E-state index >= 15 is 0 Å². The topological polar surface area (TPSA) is 97.1 Å². The molecule has 0 bridgehead atoms. The van der Waals surface area contributed by atoms with E-state index in [9.17, 15) is 0 Å². The second-order valence-electron chi connectivity index (χ2n) is 8.82. The fraction of sp³-hybridized carbons (Fsp3) is 0.667.